The molecule has 3 heteroatoms. The minimum Gasteiger partial charge on any atom is -0.327 e. The molecule has 0 aliphatic rings. The second-order valence-corrected chi connectivity index (χ2v) is 3.93. The number of quaternary nitrogens is 1. The fourth-order valence-corrected chi connectivity index (χ4v) is 1.13. The van der Waals surface area contributed by atoms with Gasteiger partial charge in [-0.2, -0.15) is 0 Å². The fourth-order valence-electron chi connectivity index (χ4n) is 1.13. The van der Waals surface area contributed by atoms with Crippen molar-refractivity contribution in [3.05, 3.63) is 35.9 Å². The minimum absolute atomic E-state index is 0. The topological polar surface area (TPSA) is 0 Å². The maximum absolute atomic E-state index is 2.20. The van der Waals surface area contributed by atoms with Gasteiger partial charge in [0.05, 0.1) is 21.1 Å². The van der Waals surface area contributed by atoms with Crippen molar-refractivity contribution < 1.29 is 4.48 Å². The van der Waals surface area contributed by atoms with Crippen molar-refractivity contribution in [3.63, 3.8) is 0 Å². The highest BCUT2D eigenvalue weighted by Crippen LogP contribution is 2.04. The molecule has 13 heavy (non-hydrogen) atoms. The molecule has 0 heterocycles. The van der Waals surface area contributed by atoms with E-state index in [1.165, 1.54) is 5.56 Å². The van der Waals surface area contributed by atoms with Crippen LogP contribution in [0.3, 0.4) is 0 Å². The Labute approximate surface area is 93.2 Å². The first kappa shape index (κ1) is 15.2. The Morgan fingerprint density at radius 3 is 1.77 bits per heavy atom. The molecule has 0 N–H and O–H groups in total. The van der Waals surface area contributed by atoms with Crippen molar-refractivity contribution in [3.8, 4) is 0 Å². The first-order valence-corrected chi connectivity index (χ1v) is 3.92. The van der Waals surface area contributed by atoms with Gasteiger partial charge in [-0.05, 0) is 0 Å². The van der Waals surface area contributed by atoms with Crippen LogP contribution in [0.4, 0.5) is 0 Å². The Kier molecular flexibility index (Phi) is 7.33. The van der Waals surface area contributed by atoms with Gasteiger partial charge in [-0.3, -0.25) is 0 Å². The molecule has 0 saturated carbocycles. The van der Waals surface area contributed by atoms with Gasteiger partial charge >= 0.3 is 0 Å². The van der Waals surface area contributed by atoms with Gasteiger partial charge in [0.15, 0.2) is 0 Å². The second-order valence-electron chi connectivity index (χ2n) is 3.93. The number of hydrogen-bond acceptors (Lipinski definition) is 0. The van der Waals surface area contributed by atoms with Gasteiger partial charge in [-0.1, -0.05) is 30.3 Å². The van der Waals surface area contributed by atoms with Gasteiger partial charge in [0.1, 0.15) is 6.54 Å². The zero-order valence-corrected chi connectivity index (χ0v) is 9.99. The molecule has 0 aliphatic heterocycles. The first-order valence-electron chi connectivity index (χ1n) is 3.92. The normalized spacial score (nSPS) is 9.77. The summed E-state index contributed by atoms with van der Waals surface area (Å²) in [4.78, 5) is 0. The lowest BCUT2D eigenvalue weighted by atomic mass is 10.2. The van der Waals surface area contributed by atoms with Crippen LogP contribution in [0.1, 0.15) is 5.56 Å². The number of nitrogens with zero attached hydrogens (tertiary/aromatic N) is 1. The van der Waals surface area contributed by atoms with Crippen LogP contribution in [-0.4, -0.2) is 25.6 Å². The lowest BCUT2D eigenvalue weighted by molar-refractivity contribution is -0.884. The molecule has 0 atom stereocenters. The average Bonchev–Trinajstić information content (AvgIpc) is 1.85. The summed E-state index contributed by atoms with van der Waals surface area (Å²) in [5, 5.41) is 0. The predicted octanol–water partition coefficient (Wildman–Crippen LogP) is 2.74. The van der Waals surface area contributed by atoms with E-state index in [4.69, 9.17) is 0 Å². The molecule has 0 bridgehead atoms. The molecule has 1 aromatic carbocycles. The van der Waals surface area contributed by atoms with Crippen LogP contribution < -0.4 is 0 Å². The zero-order chi connectivity index (χ0) is 8.32. The third-order valence-corrected chi connectivity index (χ3v) is 1.50. The fraction of sp³-hybridized carbons (Fsp3) is 0.400. The van der Waals surface area contributed by atoms with Crippen LogP contribution in [0, 0.1) is 0 Å². The van der Waals surface area contributed by atoms with E-state index >= 15 is 0 Å². The molecule has 0 amide bonds. The van der Waals surface area contributed by atoms with E-state index in [0.29, 0.717) is 0 Å². The summed E-state index contributed by atoms with van der Waals surface area (Å²) in [6, 6.07) is 10.6. The lowest BCUT2D eigenvalue weighted by Gasteiger charge is -2.23. The first-order chi connectivity index (χ1) is 5.08. The van der Waals surface area contributed by atoms with E-state index in [-0.39, 0.29) is 24.8 Å². The smallest absolute Gasteiger partial charge is 0.104 e. The molecule has 0 aromatic heterocycles. The van der Waals surface area contributed by atoms with Crippen LogP contribution in [0.15, 0.2) is 30.3 Å². The number of benzene rings is 1. The van der Waals surface area contributed by atoms with Crippen molar-refractivity contribution in [2.45, 2.75) is 6.54 Å². The van der Waals surface area contributed by atoms with Crippen LogP contribution in [0.5, 0.6) is 0 Å². The number of hydrogen-bond donors (Lipinski definition) is 0. The molecule has 0 radical (unpaired) electrons. The molecule has 1 rings (SSSR count). The molecule has 0 unspecified atom stereocenters. The lowest BCUT2D eigenvalue weighted by Crippen LogP contribution is -2.33. The van der Waals surface area contributed by atoms with E-state index in [2.05, 4.69) is 51.5 Å². The maximum atomic E-state index is 2.20. The summed E-state index contributed by atoms with van der Waals surface area (Å²) in [6.07, 6.45) is 0. The van der Waals surface area contributed by atoms with Gasteiger partial charge in [0.2, 0.25) is 0 Å². The third-order valence-electron chi connectivity index (χ3n) is 1.50. The van der Waals surface area contributed by atoms with Crippen LogP contribution in [-0.2, 0) is 6.54 Å². The van der Waals surface area contributed by atoms with E-state index in [1.54, 1.807) is 0 Å². The summed E-state index contributed by atoms with van der Waals surface area (Å²) >= 11 is 0. The van der Waals surface area contributed by atoms with Crippen molar-refractivity contribution in [2.75, 3.05) is 21.1 Å². The Morgan fingerprint density at radius 2 is 1.38 bits per heavy atom. The van der Waals surface area contributed by atoms with Crippen LogP contribution >= 0.6 is 24.8 Å². The Bertz CT molecular complexity index is 216. The zero-order valence-electron chi connectivity index (χ0n) is 8.36. The van der Waals surface area contributed by atoms with Crippen LogP contribution in [0.2, 0.25) is 0 Å². The van der Waals surface area contributed by atoms with E-state index in [1.807, 2.05) is 0 Å². The molecule has 0 saturated heterocycles. The average molecular weight is 223 g/mol. The molecular weight excluding hydrogens is 205 g/mol. The molecule has 76 valence electrons. The summed E-state index contributed by atoms with van der Waals surface area (Å²) in [7, 11) is 6.60. The highest BCUT2D eigenvalue weighted by molar-refractivity contribution is 5.85. The SMILES string of the molecule is C[N+](C)(C)Cc1ccccc1.Cl.Cl. The third kappa shape index (κ3) is 6.88. The molecular formula is C10H18Cl2N+. The van der Waals surface area contributed by atoms with E-state index in [9.17, 15) is 0 Å². The Balaban J connectivity index is 0. The van der Waals surface area contributed by atoms with E-state index < -0.39 is 0 Å². The van der Waals surface area contributed by atoms with Crippen molar-refractivity contribution in [1.29, 1.82) is 0 Å². The second kappa shape index (κ2) is 6.25. The molecule has 1 aromatic rings. The number of halogens is 2. The summed E-state index contributed by atoms with van der Waals surface area (Å²) < 4.78 is 0.990. The van der Waals surface area contributed by atoms with Gasteiger partial charge in [0, 0.05) is 5.56 Å². The molecule has 0 spiro atoms. The minimum atomic E-state index is 0. The van der Waals surface area contributed by atoms with Crippen molar-refractivity contribution in [2.24, 2.45) is 0 Å². The van der Waals surface area contributed by atoms with E-state index in [0.717, 1.165) is 11.0 Å². The standard InChI is InChI=1S/C10H16N.2ClH/c1-11(2,3)9-10-7-5-4-6-8-10;;/h4-8H,9H2,1-3H3;2*1H/q+1;;. The maximum Gasteiger partial charge on any atom is 0.104 e. The van der Waals surface area contributed by atoms with Crippen molar-refractivity contribution >= 4 is 24.8 Å². The van der Waals surface area contributed by atoms with Gasteiger partial charge in [-0.25, -0.2) is 0 Å². The Morgan fingerprint density at radius 1 is 0.923 bits per heavy atom. The predicted molar refractivity (Wildman–Crippen MR) is 62.7 cm³/mol. The summed E-state index contributed by atoms with van der Waals surface area (Å²) in [6.45, 7) is 1.10. The quantitative estimate of drug-likeness (QED) is 0.676. The molecule has 0 aliphatic carbocycles. The summed E-state index contributed by atoms with van der Waals surface area (Å²) in [5.41, 5.74) is 1.40. The van der Waals surface area contributed by atoms with Gasteiger partial charge < -0.3 is 4.48 Å². The van der Waals surface area contributed by atoms with Gasteiger partial charge in [-0.15, -0.1) is 24.8 Å². The Hall–Kier alpha value is -0.240. The largest absolute Gasteiger partial charge is 0.327 e. The monoisotopic (exact) mass is 222 g/mol. The summed E-state index contributed by atoms with van der Waals surface area (Å²) in [5.74, 6) is 0. The molecule has 1 nitrogen and oxygen atoms in total. The highest BCUT2D eigenvalue weighted by atomic mass is 35.5. The number of rotatable bonds is 2. The van der Waals surface area contributed by atoms with Crippen molar-refractivity contribution in [1.82, 2.24) is 0 Å². The van der Waals surface area contributed by atoms with Crippen LogP contribution in [0.25, 0.3) is 0 Å². The van der Waals surface area contributed by atoms with Gasteiger partial charge in [0.25, 0.3) is 0 Å². The highest BCUT2D eigenvalue weighted by Gasteiger charge is 2.06. The molecule has 0 fully saturated rings.